The highest BCUT2D eigenvalue weighted by Gasteiger charge is 2.26. The second-order valence-electron chi connectivity index (χ2n) is 4.79. The molecule has 9 nitrogen and oxygen atoms in total. The number of hydrogen-bond donors (Lipinski definition) is 2. The summed E-state index contributed by atoms with van der Waals surface area (Å²) in [5, 5.41) is 11.3. The number of ether oxygens (including phenoxy) is 1. The number of amides is 2. The summed E-state index contributed by atoms with van der Waals surface area (Å²) in [6.45, 7) is 1.21. The summed E-state index contributed by atoms with van der Waals surface area (Å²) >= 11 is 0. The maximum atomic E-state index is 11.9. The molecule has 10 heteroatoms. The Bertz CT molecular complexity index is 472. The van der Waals surface area contributed by atoms with Gasteiger partial charge >= 0.3 is 12.0 Å². The highest BCUT2D eigenvalue weighted by molar-refractivity contribution is 7.88. The zero-order valence-electron chi connectivity index (χ0n) is 12.1. The second-order valence-corrected chi connectivity index (χ2v) is 6.77. The topological polar surface area (TPSA) is 116 Å². The van der Waals surface area contributed by atoms with E-state index in [4.69, 9.17) is 9.84 Å². The van der Waals surface area contributed by atoms with E-state index in [9.17, 15) is 18.0 Å². The van der Waals surface area contributed by atoms with Gasteiger partial charge in [0, 0.05) is 39.8 Å². The highest BCUT2D eigenvalue weighted by atomic mass is 32.2. The molecular weight excluding hydrogens is 302 g/mol. The first-order valence-corrected chi connectivity index (χ1v) is 8.31. The normalized spacial score (nSPS) is 18.3. The predicted molar refractivity (Wildman–Crippen MR) is 74.4 cm³/mol. The molecule has 2 N–H and O–H groups in total. The fourth-order valence-corrected chi connectivity index (χ4v) is 2.80. The minimum absolute atomic E-state index is 0.0912. The Morgan fingerprint density at radius 3 is 2.29 bits per heavy atom. The number of rotatable bonds is 6. The average Bonchev–Trinajstić information content (AvgIpc) is 2.41. The smallest absolute Gasteiger partial charge is 0.317 e. The number of piperazine rings is 1. The van der Waals surface area contributed by atoms with Crippen molar-refractivity contribution in [3.8, 4) is 0 Å². The molecule has 1 atom stereocenters. The molecule has 122 valence electrons. The first-order chi connectivity index (χ1) is 9.74. The summed E-state index contributed by atoms with van der Waals surface area (Å²) in [6, 6.07) is -0.351. The third kappa shape index (κ3) is 5.86. The Morgan fingerprint density at radius 1 is 1.29 bits per heavy atom. The number of aliphatic carboxylic acids is 1. The number of carboxylic acid groups (broad SMARTS) is 1. The number of sulfonamides is 1. The number of urea groups is 1. The van der Waals surface area contributed by atoms with Gasteiger partial charge in [0.05, 0.1) is 18.8 Å². The van der Waals surface area contributed by atoms with Gasteiger partial charge in [-0.05, 0) is 0 Å². The number of carbonyl (C=O) groups is 2. The number of nitrogens with one attached hydrogen (secondary N) is 1. The van der Waals surface area contributed by atoms with Gasteiger partial charge in [-0.15, -0.1) is 0 Å². The van der Waals surface area contributed by atoms with E-state index in [0.29, 0.717) is 13.1 Å². The summed E-state index contributed by atoms with van der Waals surface area (Å²) < 4.78 is 29.0. The third-order valence-electron chi connectivity index (χ3n) is 3.21. The molecule has 2 amide bonds. The minimum atomic E-state index is -3.23. The zero-order chi connectivity index (χ0) is 16.0. The monoisotopic (exact) mass is 323 g/mol. The van der Waals surface area contributed by atoms with Gasteiger partial charge < -0.3 is 20.1 Å². The van der Waals surface area contributed by atoms with Crippen molar-refractivity contribution in [3.63, 3.8) is 0 Å². The van der Waals surface area contributed by atoms with Crippen molar-refractivity contribution >= 4 is 22.0 Å². The van der Waals surface area contributed by atoms with Crippen molar-refractivity contribution in [2.24, 2.45) is 0 Å². The number of methoxy groups -OCH3 is 1. The van der Waals surface area contributed by atoms with Crippen LogP contribution in [0.3, 0.4) is 0 Å². The molecule has 21 heavy (non-hydrogen) atoms. The van der Waals surface area contributed by atoms with Gasteiger partial charge in [0.1, 0.15) is 0 Å². The van der Waals surface area contributed by atoms with Crippen molar-refractivity contribution < 1.29 is 27.9 Å². The average molecular weight is 323 g/mol. The Hall–Kier alpha value is -1.39. The molecule has 0 spiro atoms. The molecule has 0 aromatic rings. The summed E-state index contributed by atoms with van der Waals surface area (Å²) in [6.07, 6.45) is 0.347. The van der Waals surface area contributed by atoms with Crippen molar-refractivity contribution in [1.29, 1.82) is 0 Å². The lowest BCUT2D eigenvalue weighted by atomic mass is 10.2. The van der Waals surface area contributed by atoms with Crippen molar-refractivity contribution in [2.75, 3.05) is 46.1 Å². The molecule has 1 unspecified atom stereocenters. The maximum Gasteiger partial charge on any atom is 0.317 e. The van der Waals surface area contributed by atoms with Crippen LogP contribution in [0.5, 0.6) is 0 Å². The molecule has 0 radical (unpaired) electrons. The van der Waals surface area contributed by atoms with Gasteiger partial charge in [-0.2, -0.15) is 4.31 Å². The van der Waals surface area contributed by atoms with Crippen LogP contribution in [0.15, 0.2) is 0 Å². The fraction of sp³-hybridized carbons (Fsp3) is 0.818. The molecule has 0 aliphatic carbocycles. The van der Waals surface area contributed by atoms with E-state index in [2.05, 4.69) is 5.32 Å². The van der Waals surface area contributed by atoms with E-state index in [0.717, 1.165) is 6.26 Å². The lowest BCUT2D eigenvalue weighted by Gasteiger charge is -2.33. The molecule has 1 aliphatic heterocycles. The Balaban J connectivity index is 2.39. The van der Waals surface area contributed by atoms with Gasteiger partial charge in [0.2, 0.25) is 10.0 Å². The van der Waals surface area contributed by atoms with E-state index < -0.39 is 22.1 Å². The molecule has 1 heterocycles. The molecular formula is C11H21N3O6S. The first kappa shape index (κ1) is 17.7. The van der Waals surface area contributed by atoms with Crippen LogP contribution in [-0.2, 0) is 19.6 Å². The van der Waals surface area contributed by atoms with Crippen molar-refractivity contribution in [3.05, 3.63) is 0 Å². The largest absolute Gasteiger partial charge is 0.481 e. The van der Waals surface area contributed by atoms with Crippen LogP contribution >= 0.6 is 0 Å². The Kier molecular flexibility index (Phi) is 6.37. The zero-order valence-corrected chi connectivity index (χ0v) is 12.9. The van der Waals surface area contributed by atoms with E-state index in [-0.39, 0.29) is 32.1 Å². The number of carboxylic acids is 1. The summed E-state index contributed by atoms with van der Waals surface area (Å²) in [7, 11) is -1.85. The molecule has 0 aromatic carbocycles. The van der Waals surface area contributed by atoms with E-state index in [1.807, 2.05) is 0 Å². The second kappa shape index (κ2) is 7.57. The standard InChI is InChI=1S/C11H21N3O6S/c1-20-9(7-10(15)16)8-12-11(17)13-3-5-14(6-4-13)21(2,18)19/h9H,3-8H2,1-2H3,(H,12,17)(H,15,16). The maximum absolute atomic E-state index is 11.9. The van der Waals surface area contributed by atoms with Gasteiger partial charge in [0.25, 0.3) is 0 Å². The molecule has 0 saturated carbocycles. The molecule has 1 saturated heterocycles. The van der Waals surface area contributed by atoms with E-state index >= 15 is 0 Å². The summed E-state index contributed by atoms with van der Waals surface area (Å²) in [5.74, 6) is -1.00. The van der Waals surface area contributed by atoms with Crippen LogP contribution in [0.4, 0.5) is 4.79 Å². The quantitative estimate of drug-likeness (QED) is 0.632. The summed E-state index contributed by atoms with van der Waals surface area (Å²) in [4.78, 5) is 24.0. The highest BCUT2D eigenvalue weighted by Crippen LogP contribution is 2.06. The summed E-state index contributed by atoms with van der Waals surface area (Å²) in [5.41, 5.74) is 0. The van der Waals surface area contributed by atoms with Crippen molar-refractivity contribution in [2.45, 2.75) is 12.5 Å². The van der Waals surface area contributed by atoms with Crippen molar-refractivity contribution in [1.82, 2.24) is 14.5 Å². The van der Waals surface area contributed by atoms with Gasteiger partial charge in [-0.25, -0.2) is 13.2 Å². The minimum Gasteiger partial charge on any atom is -0.481 e. The Morgan fingerprint density at radius 2 is 1.86 bits per heavy atom. The van der Waals surface area contributed by atoms with E-state index in [1.165, 1.54) is 16.3 Å². The molecule has 1 aliphatic rings. The molecule has 0 aromatic heterocycles. The molecule has 1 fully saturated rings. The van der Waals surface area contributed by atoms with Crippen LogP contribution in [0, 0.1) is 0 Å². The lowest BCUT2D eigenvalue weighted by molar-refractivity contribution is -0.139. The molecule has 1 rings (SSSR count). The predicted octanol–water partition coefficient (Wildman–Crippen LogP) is -1.24. The SMILES string of the molecule is COC(CNC(=O)N1CCN(S(C)(=O)=O)CC1)CC(=O)O. The van der Waals surface area contributed by atoms with Crippen LogP contribution in [0.1, 0.15) is 6.42 Å². The van der Waals surface area contributed by atoms with E-state index in [1.54, 1.807) is 0 Å². The van der Waals surface area contributed by atoms with Gasteiger partial charge in [-0.3, -0.25) is 4.79 Å². The fourth-order valence-electron chi connectivity index (χ4n) is 1.97. The van der Waals surface area contributed by atoms with Crippen LogP contribution in [-0.4, -0.2) is 86.9 Å². The first-order valence-electron chi connectivity index (χ1n) is 6.46. The number of hydrogen-bond acceptors (Lipinski definition) is 5. The van der Waals surface area contributed by atoms with Crippen LogP contribution in [0.2, 0.25) is 0 Å². The Labute approximate surface area is 123 Å². The lowest BCUT2D eigenvalue weighted by Crippen LogP contribution is -2.53. The van der Waals surface area contributed by atoms with Gasteiger partial charge in [-0.1, -0.05) is 0 Å². The van der Waals surface area contributed by atoms with Gasteiger partial charge in [0.15, 0.2) is 0 Å². The number of nitrogens with zero attached hydrogens (tertiary/aromatic N) is 2. The van der Waals surface area contributed by atoms with Crippen LogP contribution < -0.4 is 5.32 Å². The number of carbonyl (C=O) groups excluding carboxylic acids is 1. The van der Waals surface area contributed by atoms with Crippen LogP contribution in [0.25, 0.3) is 0 Å². The third-order valence-corrected chi connectivity index (χ3v) is 4.51. The molecule has 0 bridgehead atoms.